The zero-order valence-corrected chi connectivity index (χ0v) is 14.7. The first-order chi connectivity index (χ1) is 12.4. The van der Waals surface area contributed by atoms with E-state index in [2.05, 4.69) is 10.6 Å². The summed E-state index contributed by atoms with van der Waals surface area (Å²) in [5.41, 5.74) is 2.07. The number of hydrogen-bond acceptors (Lipinski definition) is 4. The number of amides is 4. The highest BCUT2D eigenvalue weighted by Crippen LogP contribution is 2.44. The molecule has 0 bridgehead atoms. The molecule has 2 heterocycles. The van der Waals surface area contributed by atoms with Crippen molar-refractivity contribution in [1.29, 1.82) is 0 Å². The van der Waals surface area contributed by atoms with Crippen molar-refractivity contribution in [3.05, 3.63) is 34.9 Å². The normalized spacial score (nSPS) is 25.7. The van der Waals surface area contributed by atoms with Gasteiger partial charge in [-0.1, -0.05) is 18.2 Å². The summed E-state index contributed by atoms with van der Waals surface area (Å²) in [5.74, 6) is -0.191. The molecule has 2 fully saturated rings. The van der Waals surface area contributed by atoms with Crippen LogP contribution in [0, 0.1) is 5.92 Å². The Labute approximate surface area is 151 Å². The molecule has 3 aliphatic rings. The fraction of sp³-hybridized carbons (Fsp3) is 0.526. The van der Waals surface area contributed by atoms with Crippen LogP contribution in [0.5, 0.6) is 0 Å². The summed E-state index contributed by atoms with van der Waals surface area (Å²) in [6, 6.07) is 5.33. The van der Waals surface area contributed by atoms with E-state index in [1.165, 1.54) is 0 Å². The molecule has 1 unspecified atom stereocenters. The van der Waals surface area contributed by atoms with Crippen LogP contribution >= 0.6 is 0 Å². The molecule has 138 valence electrons. The number of carbonyl (C=O) groups is 3. The van der Waals surface area contributed by atoms with E-state index in [-0.39, 0.29) is 24.2 Å². The van der Waals surface area contributed by atoms with Crippen LogP contribution in [0.2, 0.25) is 0 Å². The van der Waals surface area contributed by atoms with Gasteiger partial charge in [0.2, 0.25) is 5.91 Å². The molecule has 7 nitrogen and oxygen atoms in total. The summed E-state index contributed by atoms with van der Waals surface area (Å²) in [6.07, 6.45) is 1.83. The Kier molecular flexibility index (Phi) is 3.99. The van der Waals surface area contributed by atoms with Gasteiger partial charge >= 0.3 is 6.03 Å². The van der Waals surface area contributed by atoms with Gasteiger partial charge in [-0.2, -0.15) is 0 Å². The van der Waals surface area contributed by atoms with E-state index in [4.69, 9.17) is 0 Å². The number of carbonyl (C=O) groups excluding carboxylic acids is 3. The first-order valence-electron chi connectivity index (χ1n) is 9.10. The van der Waals surface area contributed by atoms with Crippen molar-refractivity contribution < 1.29 is 19.5 Å². The predicted molar refractivity (Wildman–Crippen MR) is 92.7 cm³/mol. The van der Waals surface area contributed by atoms with Crippen LogP contribution in [0.3, 0.4) is 0 Å². The Bertz CT molecular complexity index is 787. The number of benzene rings is 1. The van der Waals surface area contributed by atoms with E-state index >= 15 is 0 Å². The van der Waals surface area contributed by atoms with Crippen LogP contribution in [0.1, 0.15) is 55.4 Å². The third kappa shape index (κ3) is 2.86. The average Bonchev–Trinajstić information content (AvgIpc) is 3.29. The topological polar surface area (TPSA) is 98.7 Å². The number of urea groups is 1. The van der Waals surface area contributed by atoms with Crippen LogP contribution in [-0.2, 0) is 22.7 Å². The maximum absolute atomic E-state index is 12.7. The van der Waals surface area contributed by atoms with Gasteiger partial charge in [0.25, 0.3) is 5.91 Å². The fourth-order valence-corrected chi connectivity index (χ4v) is 4.06. The number of aliphatic hydroxyl groups is 1. The summed E-state index contributed by atoms with van der Waals surface area (Å²) in [7, 11) is 0. The van der Waals surface area contributed by atoms with Crippen LogP contribution in [0.25, 0.3) is 0 Å². The average molecular weight is 357 g/mol. The summed E-state index contributed by atoms with van der Waals surface area (Å²) in [4.78, 5) is 38.3. The Balaban J connectivity index is 1.41. The fourth-order valence-electron chi connectivity index (χ4n) is 4.06. The lowest BCUT2D eigenvalue weighted by molar-refractivity contribution is -0.133. The zero-order chi connectivity index (χ0) is 18.5. The quantitative estimate of drug-likeness (QED) is 0.693. The van der Waals surface area contributed by atoms with Crippen LogP contribution in [0.15, 0.2) is 18.2 Å². The van der Waals surface area contributed by atoms with Gasteiger partial charge in [-0.3, -0.25) is 14.9 Å². The largest absolute Gasteiger partial charge is 0.389 e. The number of fused-ring (bicyclic) bond motifs is 1. The molecular formula is C19H23N3O4. The van der Waals surface area contributed by atoms with Crippen LogP contribution < -0.4 is 10.6 Å². The molecule has 1 aliphatic carbocycles. The molecule has 1 aromatic carbocycles. The number of rotatable bonds is 5. The molecule has 2 atom stereocenters. The first kappa shape index (κ1) is 17.0. The van der Waals surface area contributed by atoms with Gasteiger partial charge in [0.05, 0.1) is 6.10 Å². The van der Waals surface area contributed by atoms with Gasteiger partial charge in [0.1, 0.15) is 5.54 Å². The third-order valence-electron chi connectivity index (χ3n) is 5.76. The highest BCUT2D eigenvalue weighted by atomic mass is 16.3. The number of nitrogens with zero attached hydrogens (tertiary/aromatic N) is 1. The summed E-state index contributed by atoms with van der Waals surface area (Å²) in [5, 5.41) is 14.8. The lowest BCUT2D eigenvalue weighted by atomic mass is 9.88. The van der Waals surface area contributed by atoms with E-state index in [9.17, 15) is 19.5 Å². The van der Waals surface area contributed by atoms with E-state index in [0.29, 0.717) is 19.5 Å². The molecule has 4 rings (SSSR count). The Morgan fingerprint density at radius 2 is 2.04 bits per heavy atom. The van der Waals surface area contributed by atoms with E-state index in [1.54, 1.807) is 11.8 Å². The standard InChI is InChI=1S/C19H23N3O4/c1-11(23)12-2-3-13-9-22(10-14(13)8-12)16(24)6-7-19(15-4-5-15)17(25)20-18(26)21-19/h2-3,8,11,15,23H,4-7,9-10H2,1H3,(H2,20,21,25,26)/t11?,19-/m0/s1. The lowest BCUT2D eigenvalue weighted by Gasteiger charge is -2.26. The van der Waals surface area contributed by atoms with Gasteiger partial charge in [0, 0.05) is 19.5 Å². The van der Waals surface area contributed by atoms with Crippen molar-refractivity contribution >= 4 is 17.8 Å². The van der Waals surface area contributed by atoms with Crippen LogP contribution in [0.4, 0.5) is 4.79 Å². The highest BCUT2D eigenvalue weighted by molar-refractivity contribution is 6.07. The van der Waals surface area contributed by atoms with E-state index in [1.807, 2.05) is 18.2 Å². The summed E-state index contributed by atoms with van der Waals surface area (Å²) >= 11 is 0. The third-order valence-corrected chi connectivity index (χ3v) is 5.76. The number of nitrogens with one attached hydrogen (secondary N) is 2. The smallest absolute Gasteiger partial charge is 0.322 e. The molecule has 4 amide bonds. The lowest BCUT2D eigenvalue weighted by Crippen LogP contribution is -2.49. The van der Waals surface area contributed by atoms with Crippen molar-refractivity contribution in [2.75, 3.05) is 0 Å². The second-order valence-electron chi connectivity index (χ2n) is 7.61. The highest BCUT2D eigenvalue weighted by Gasteiger charge is 2.55. The molecule has 26 heavy (non-hydrogen) atoms. The van der Waals surface area contributed by atoms with Crippen molar-refractivity contribution in [2.45, 2.75) is 57.3 Å². The summed E-state index contributed by atoms with van der Waals surface area (Å²) < 4.78 is 0. The molecule has 1 saturated heterocycles. The number of imide groups is 1. The summed E-state index contributed by atoms with van der Waals surface area (Å²) in [6.45, 7) is 2.78. The van der Waals surface area contributed by atoms with Gasteiger partial charge in [-0.25, -0.2) is 4.79 Å². The molecule has 1 aromatic rings. The van der Waals surface area contributed by atoms with Gasteiger partial charge in [-0.15, -0.1) is 0 Å². The molecule has 7 heteroatoms. The number of aliphatic hydroxyl groups excluding tert-OH is 1. The van der Waals surface area contributed by atoms with Crippen molar-refractivity contribution in [3.8, 4) is 0 Å². The molecule has 0 spiro atoms. The van der Waals surface area contributed by atoms with Crippen molar-refractivity contribution in [2.24, 2.45) is 5.92 Å². The Morgan fingerprint density at radius 3 is 2.65 bits per heavy atom. The van der Waals surface area contributed by atoms with E-state index in [0.717, 1.165) is 29.5 Å². The zero-order valence-electron chi connectivity index (χ0n) is 14.7. The maximum atomic E-state index is 12.7. The van der Waals surface area contributed by atoms with E-state index < -0.39 is 17.7 Å². The molecule has 0 aromatic heterocycles. The van der Waals surface area contributed by atoms with Gasteiger partial charge < -0.3 is 15.3 Å². The van der Waals surface area contributed by atoms with Crippen LogP contribution in [-0.4, -0.2) is 33.4 Å². The molecule has 2 aliphatic heterocycles. The maximum Gasteiger partial charge on any atom is 0.322 e. The first-order valence-corrected chi connectivity index (χ1v) is 9.10. The minimum atomic E-state index is -0.918. The number of hydrogen-bond donors (Lipinski definition) is 3. The minimum absolute atomic E-state index is 0.0197. The Morgan fingerprint density at radius 1 is 1.31 bits per heavy atom. The predicted octanol–water partition coefficient (Wildman–Crippen LogP) is 1.35. The van der Waals surface area contributed by atoms with Gasteiger partial charge in [-0.05, 0) is 48.8 Å². The monoisotopic (exact) mass is 357 g/mol. The SMILES string of the molecule is CC(O)c1ccc2c(c1)CN(C(=O)CC[C@@]1(C3CC3)NC(=O)NC1=O)C2. The second kappa shape index (κ2) is 6.09. The molecule has 3 N–H and O–H groups in total. The second-order valence-corrected chi connectivity index (χ2v) is 7.61. The molecular weight excluding hydrogens is 334 g/mol. The minimum Gasteiger partial charge on any atom is -0.389 e. The van der Waals surface area contributed by atoms with Crippen molar-refractivity contribution in [3.63, 3.8) is 0 Å². The molecule has 0 radical (unpaired) electrons. The molecule has 1 saturated carbocycles. The van der Waals surface area contributed by atoms with Crippen molar-refractivity contribution in [1.82, 2.24) is 15.5 Å². The Hall–Kier alpha value is -2.41. The van der Waals surface area contributed by atoms with Gasteiger partial charge in [0.15, 0.2) is 0 Å².